The average Bonchev–Trinajstić information content (AvgIpc) is 2.91. The van der Waals surface area contributed by atoms with E-state index >= 15 is 0 Å². The lowest BCUT2D eigenvalue weighted by Crippen LogP contribution is -2.45. The van der Waals surface area contributed by atoms with Gasteiger partial charge in [0.15, 0.2) is 6.61 Å². The van der Waals surface area contributed by atoms with Gasteiger partial charge in [-0.2, -0.15) is 0 Å². The van der Waals surface area contributed by atoms with Gasteiger partial charge in [0, 0.05) is 18.4 Å². The Labute approximate surface area is 129 Å². The van der Waals surface area contributed by atoms with Crippen LogP contribution in [-0.4, -0.2) is 50.9 Å². The number of hydrogen-bond donors (Lipinski definition) is 1. The van der Waals surface area contributed by atoms with Crippen molar-refractivity contribution in [3.8, 4) is 0 Å². The number of carbonyl (C=O) groups is 2. The third-order valence-corrected chi connectivity index (χ3v) is 4.17. The zero-order chi connectivity index (χ0) is 16.5. The number of rotatable bonds is 6. The van der Waals surface area contributed by atoms with Gasteiger partial charge in [-0.25, -0.2) is 18.0 Å². The molecule has 0 saturated carbocycles. The van der Waals surface area contributed by atoms with Gasteiger partial charge in [0.2, 0.25) is 0 Å². The van der Waals surface area contributed by atoms with E-state index in [0.717, 1.165) is 0 Å². The van der Waals surface area contributed by atoms with Crippen LogP contribution in [0.2, 0.25) is 0 Å². The quantitative estimate of drug-likeness (QED) is 0.407. The predicted molar refractivity (Wildman–Crippen MR) is 73.4 cm³/mol. The van der Waals surface area contributed by atoms with Gasteiger partial charge in [0.25, 0.3) is 11.0 Å². The number of fused-ring (bicyclic) bond motifs is 2. The molecule has 0 aromatic rings. The average molecular weight is 334 g/mol. The van der Waals surface area contributed by atoms with Crippen molar-refractivity contribution in [3.05, 3.63) is 12.2 Å². The molecule has 0 N–H and O–H groups in total. The van der Waals surface area contributed by atoms with Gasteiger partial charge >= 0.3 is 11.9 Å². The fourth-order valence-electron chi connectivity index (χ4n) is 2.69. The Kier molecular flexibility index (Phi) is 4.88. The second-order valence-electron chi connectivity index (χ2n) is 5.61. The number of hydrogen-bond acceptors (Lipinski definition) is 8. The molecule has 2 aliphatic heterocycles. The smallest absolute Gasteiger partial charge is 0.344 e. The van der Waals surface area contributed by atoms with E-state index in [1.165, 1.54) is 6.92 Å². The second kappa shape index (κ2) is 6.35. The molecule has 9 heteroatoms. The van der Waals surface area contributed by atoms with Crippen molar-refractivity contribution in [2.75, 3.05) is 6.61 Å². The molecule has 2 bridgehead atoms. The van der Waals surface area contributed by atoms with Gasteiger partial charge in [-0.1, -0.05) is 6.58 Å². The summed E-state index contributed by atoms with van der Waals surface area (Å²) in [6.07, 6.45) is -0.777. The molecule has 2 fully saturated rings. The number of ether oxygens (including phenoxy) is 3. The Morgan fingerprint density at radius 1 is 1.41 bits per heavy atom. The van der Waals surface area contributed by atoms with E-state index in [1.54, 1.807) is 6.92 Å². The number of thiol groups is 1. The van der Waals surface area contributed by atoms with E-state index in [1.807, 2.05) is 0 Å². The fraction of sp³-hybridized carbons (Fsp3) is 0.692. The van der Waals surface area contributed by atoms with E-state index in [4.69, 9.17) is 18.4 Å². The molecule has 124 valence electrons. The lowest BCUT2D eigenvalue weighted by Gasteiger charge is -2.32. The minimum absolute atomic E-state index is 0.189. The molecular weight excluding hydrogens is 316 g/mol. The van der Waals surface area contributed by atoms with Crippen molar-refractivity contribution in [2.24, 2.45) is 0 Å². The van der Waals surface area contributed by atoms with Gasteiger partial charge in [0.05, 0.1) is 6.10 Å². The lowest BCUT2D eigenvalue weighted by molar-refractivity contribution is -0.172. The predicted octanol–water partition coefficient (Wildman–Crippen LogP) is -0.120. The van der Waals surface area contributed by atoms with Crippen LogP contribution in [0.1, 0.15) is 26.7 Å². The molecule has 0 aliphatic carbocycles. The summed E-state index contributed by atoms with van der Waals surface area (Å²) in [5.74, 6) is -1.36. The summed E-state index contributed by atoms with van der Waals surface area (Å²) in [5, 5.41) is 0. The topological polar surface area (TPSA) is 105 Å². The van der Waals surface area contributed by atoms with Gasteiger partial charge in [-0.15, -0.1) is 0 Å². The highest BCUT2D eigenvalue weighted by Crippen LogP contribution is 2.45. The van der Waals surface area contributed by atoms with Crippen molar-refractivity contribution in [1.82, 2.24) is 0 Å². The molecule has 0 radical (unpaired) electrons. The van der Waals surface area contributed by atoms with Crippen molar-refractivity contribution in [3.63, 3.8) is 0 Å². The molecule has 4 atom stereocenters. The van der Waals surface area contributed by atoms with E-state index in [-0.39, 0.29) is 5.57 Å². The van der Waals surface area contributed by atoms with Crippen LogP contribution in [0.3, 0.4) is 0 Å². The summed E-state index contributed by atoms with van der Waals surface area (Å²) in [7, 11) is -2.94. The van der Waals surface area contributed by atoms with Crippen molar-refractivity contribution >= 4 is 22.9 Å². The summed E-state index contributed by atoms with van der Waals surface area (Å²) in [6.45, 7) is 6.06. The maximum Gasteiger partial charge on any atom is 0.344 e. The zero-order valence-electron chi connectivity index (χ0n) is 12.3. The molecule has 0 aromatic heterocycles. The Hall–Kier alpha value is -1.45. The van der Waals surface area contributed by atoms with Crippen LogP contribution in [0, 0.1) is 0 Å². The number of carbonyl (C=O) groups excluding carboxylic acids is 2. The Balaban J connectivity index is 1.86. The molecule has 0 spiro atoms. The van der Waals surface area contributed by atoms with Crippen LogP contribution >= 0.6 is 0 Å². The van der Waals surface area contributed by atoms with Gasteiger partial charge in [-0.3, -0.25) is 4.18 Å². The van der Waals surface area contributed by atoms with Gasteiger partial charge < -0.3 is 14.2 Å². The highest BCUT2D eigenvalue weighted by Gasteiger charge is 2.57. The zero-order valence-corrected chi connectivity index (χ0v) is 13.2. The molecule has 2 rings (SSSR count). The van der Waals surface area contributed by atoms with Crippen LogP contribution < -0.4 is 0 Å². The third kappa shape index (κ3) is 3.65. The molecule has 0 amide bonds. The van der Waals surface area contributed by atoms with Crippen molar-refractivity contribution < 1.29 is 36.4 Å². The second-order valence-corrected chi connectivity index (χ2v) is 6.27. The molecular formula is C13H18O8S. The van der Waals surface area contributed by atoms with Crippen molar-refractivity contribution in [2.45, 2.75) is 50.6 Å². The molecule has 8 nitrogen and oxygen atoms in total. The van der Waals surface area contributed by atoms with Crippen LogP contribution in [0.5, 0.6) is 0 Å². The monoisotopic (exact) mass is 334 g/mol. The third-order valence-electron chi connectivity index (χ3n) is 3.73. The Bertz CT molecular complexity index is 560. The van der Waals surface area contributed by atoms with Crippen LogP contribution in [-0.2, 0) is 39.0 Å². The standard InChI is InChI=1S/C13H18O8S/c1-7(2)12(15)18-6-11(14)20-13(3)5-9-8(21-22(16)17)4-10(13)19-9/h8-10,22H,1,4-6H2,2-3H3. The number of esters is 2. The van der Waals surface area contributed by atoms with E-state index < -0.39 is 53.4 Å². The molecule has 4 unspecified atom stereocenters. The van der Waals surface area contributed by atoms with Crippen LogP contribution in [0.25, 0.3) is 0 Å². The summed E-state index contributed by atoms with van der Waals surface area (Å²) in [6, 6.07) is 0. The van der Waals surface area contributed by atoms with Gasteiger partial charge in [-0.05, 0) is 13.8 Å². The summed E-state index contributed by atoms with van der Waals surface area (Å²) < 4.78 is 41.6. The minimum atomic E-state index is -2.94. The minimum Gasteiger partial charge on any atom is -0.454 e. The first-order chi connectivity index (χ1) is 10.2. The highest BCUT2D eigenvalue weighted by atomic mass is 32.2. The van der Waals surface area contributed by atoms with E-state index in [9.17, 15) is 18.0 Å². The Morgan fingerprint density at radius 2 is 2.09 bits per heavy atom. The largest absolute Gasteiger partial charge is 0.454 e. The molecule has 2 saturated heterocycles. The maximum absolute atomic E-state index is 11.8. The molecule has 22 heavy (non-hydrogen) atoms. The maximum atomic E-state index is 11.8. The summed E-state index contributed by atoms with van der Waals surface area (Å²) in [4.78, 5) is 23.0. The molecule has 2 aliphatic rings. The molecule has 0 aromatic carbocycles. The van der Waals surface area contributed by atoms with Crippen LogP contribution in [0.15, 0.2) is 12.2 Å². The van der Waals surface area contributed by atoms with Crippen molar-refractivity contribution in [1.29, 1.82) is 0 Å². The normalized spacial score (nSPS) is 33.0. The molecule has 2 heterocycles. The first-order valence-electron chi connectivity index (χ1n) is 6.72. The highest BCUT2D eigenvalue weighted by molar-refractivity contribution is 7.67. The fourth-order valence-corrected chi connectivity index (χ4v) is 3.13. The van der Waals surface area contributed by atoms with Gasteiger partial charge in [0.1, 0.15) is 17.8 Å². The first kappa shape index (κ1) is 16.9. The first-order valence-corrected chi connectivity index (χ1v) is 7.82. The lowest BCUT2D eigenvalue weighted by atomic mass is 9.84. The van der Waals surface area contributed by atoms with E-state index in [2.05, 4.69) is 6.58 Å². The van der Waals surface area contributed by atoms with Crippen LogP contribution in [0.4, 0.5) is 0 Å². The summed E-state index contributed by atoms with van der Waals surface area (Å²) in [5.41, 5.74) is -0.694. The van der Waals surface area contributed by atoms with E-state index in [0.29, 0.717) is 12.8 Å². The SMILES string of the molecule is C=C(C)C(=O)OCC(=O)OC1(C)CC2OC1CC2O[SH](=O)=O. The summed E-state index contributed by atoms with van der Waals surface area (Å²) >= 11 is 0. The Morgan fingerprint density at radius 3 is 2.59 bits per heavy atom.